The standard InChI is InChI=1S/C28H35N3O/c1-27-15-13-21-19(9-12-24-28(21,2)16-14-25(32)31(24)3)20(27)10-11-22(27)23-17-29-26(30-23)18-7-5-4-6-8-18/h4-8,14,16-17,19-22,24H,9-13,15H2,1-3H3,(H,29,30)/t19-,20-,21-,22+,24+,27-,28+/m0/s1. The van der Waals surface area contributed by atoms with E-state index >= 15 is 0 Å². The Morgan fingerprint density at radius 3 is 2.66 bits per heavy atom. The third-order valence-electron chi connectivity index (χ3n) is 10.1. The number of hydrogen-bond acceptors (Lipinski definition) is 2. The molecule has 3 fully saturated rings. The van der Waals surface area contributed by atoms with Gasteiger partial charge in [-0.15, -0.1) is 0 Å². The molecule has 0 spiro atoms. The molecule has 1 amide bonds. The third kappa shape index (κ3) is 2.74. The summed E-state index contributed by atoms with van der Waals surface area (Å²) in [4.78, 5) is 22.8. The number of aromatic amines is 1. The van der Waals surface area contributed by atoms with E-state index in [0.29, 0.717) is 23.3 Å². The zero-order valence-corrected chi connectivity index (χ0v) is 19.6. The first kappa shape index (κ1) is 20.3. The summed E-state index contributed by atoms with van der Waals surface area (Å²) < 4.78 is 0. The van der Waals surface area contributed by atoms with E-state index in [2.05, 4.69) is 61.4 Å². The molecule has 6 rings (SSSR count). The van der Waals surface area contributed by atoms with E-state index < -0.39 is 0 Å². The number of imidazole rings is 1. The van der Waals surface area contributed by atoms with Crippen molar-refractivity contribution in [2.45, 2.75) is 64.3 Å². The van der Waals surface area contributed by atoms with Crippen molar-refractivity contribution < 1.29 is 4.79 Å². The Bertz CT molecular complexity index is 1060. The lowest BCUT2D eigenvalue weighted by molar-refractivity contribution is -0.138. The van der Waals surface area contributed by atoms with Crippen molar-refractivity contribution in [2.24, 2.45) is 28.6 Å². The molecule has 0 unspecified atom stereocenters. The molecule has 3 saturated carbocycles. The summed E-state index contributed by atoms with van der Waals surface area (Å²) in [5, 5.41) is 0. The number of aromatic nitrogens is 2. The molecule has 1 aromatic heterocycles. The van der Waals surface area contributed by atoms with Gasteiger partial charge in [0.2, 0.25) is 5.91 Å². The lowest BCUT2D eigenvalue weighted by atomic mass is 9.47. The van der Waals surface area contributed by atoms with Gasteiger partial charge in [0.1, 0.15) is 5.82 Å². The van der Waals surface area contributed by atoms with E-state index in [-0.39, 0.29) is 11.3 Å². The first-order chi connectivity index (χ1) is 15.4. The zero-order valence-electron chi connectivity index (χ0n) is 19.6. The Labute approximate surface area is 191 Å². The summed E-state index contributed by atoms with van der Waals surface area (Å²) in [6.45, 7) is 5.00. The molecule has 168 valence electrons. The molecular weight excluding hydrogens is 394 g/mol. The van der Waals surface area contributed by atoms with E-state index in [9.17, 15) is 4.79 Å². The highest BCUT2D eigenvalue weighted by molar-refractivity contribution is 5.89. The fourth-order valence-corrected chi connectivity index (χ4v) is 8.50. The number of nitrogens with one attached hydrogen (secondary N) is 1. The van der Waals surface area contributed by atoms with Crippen molar-refractivity contribution in [2.75, 3.05) is 7.05 Å². The molecule has 4 nitrogen and oxygen atoms in total. The molecule has 0 saturated heterocycles. The lowest BCUT2D eigenvalue weighted by Crippen LogP contribution is -2.59. The molecule has 4 heteroatoms. The first-order valence-electron chi connectivity index (χ1n) is 12.5. The van der Waals surface area contributed by atoms with Crippen molar-refractivity contribution in [1.82, 2.24) is 14.9 Å². The van der Waals surface area contributed by atoms with Crippen LogP contribution in [0.2, 0.25) is 0 Å². The summed E-state index contributed by atoms with van der Waals surface area (Å²) in [5.41, 5.74) is 2.95. The largest absolute Gasteiger partial charge is 0.342 e. The molecule has 0 radical (unpaired) electrons. The minimum absolute atomic E-state index is 0.124. The minimum Gasteiger partial charge on any atom is -0.342 e. The summed E-state index contributed by atoms with van der Waals surface area (Å²) in [6, 6.07) is 10.8. The van der Waals surface area contributed by atoms with Gasteiger partial charge in [0.05, 0.1) is 0 Å². The Balaban J connectivity index is 1.29. The molecule has 1 aromatic carbocycles. The highest BCUT2D eigenvalue weighted by Gasteiger charge is 2.60. The van der Waals surface area contributed by atoms with E-state index in [0.717, 1.165) is 29.6 Å². The van der Waals surface area contributed by atoms with E-state index in [4.69, 9.17) is 4.98 Å². The molecule has 3 aliphatic carbocycles. The number of H-pyrrole nitrogens is 1. The van der Waals surface area contributed by atoms with E-state index in [1.165, 1.54) is 37.8 Å². The van der Waals surface area contributed by atoms with Gasteiger partial charge >= 0.3 is 0 Å². The van der Waals surface area contributed by atoms with Gasteiger partial charge in [0, 0.05) is 41.9 Å². The first-order valence-corrected chi connectivity index (χ1v) is 12.5. The predicted molar refractivity (Wildman–Crippen MR) is 127 cm³/mol. The third-order valence-corrected chi connectivity index (χ3v) is 10.1. The number of fused-ring (bicyclic) bond motifs is 5. The average Bonchev–Trinajstić information content (AvgIpc) is 3.41. The highest BCUT2D eigenvalue weighted by atomic mass is 16.2. The van der Waals surface area contributed by atoms with Crippen LogP contribution in [0.15, 0.2) is 48.7 Å². The maximum absolute atomic E-state index is 12.3. The van der Waals surface area contributed by atoms with E-state index in [1.54, 1.807) is 0 Å². The van der Waals surface area contributed by atoms with E-state index in [1.807, 2.05) is 18.0 Å². The van der Waals surface area contributed by atoms with Crippen LogP contribution in [0.4, 0.5) is 0 Å². The number of hydrogen-bond donors (Lipinski definition) is 1. The molecule has 2 heterocycles. The minimum atomic E-state index is 0.124. The van der Waals surface area contributed by atoms with Crippen LogP contribution in [0.1, 0.15) is 64.0 Å². The van der Waals surface area contributed by atoms with Crippen molar-refractivity contribution in [3.63, 3.8) is 0 Å². The molecule has 4 aliphatic rings. The van der Waals surface area contributed by atoms with Crippen molar-refractivity contribution >= 4 is 5.91 Å². The fourth-order valence-electron chi connectivity index (χ4n) is 8.50. The number of carbonyl (C=O) groups is 1. The van der Waals surface area contributed by atoms with Gasteiger partial charge in [-0.2, -0.15) is 0 Å². The van der Waals surface area contributed by atoms with Crippen LogP contribution in [0.5, 0.6) is 0 Å². The van der Waals surface area contributed by atoms with Gasteiger partial charge in [-0.05, 0) is 67.8 Å². The molecule has 7 atom stereocenters. The summed E-state index contributed by atoms with van der Waals surface area (Å²) >= 11 is 0. The fraction of sp³-hybridized carbons (Fsp3) is 0.571. The molecule has 1 aliphatic heterocycles. The second-order valence-corrected chi connectivity index (χ2v) is 11.3. The van der Waals surface area contributed by atoms with Crippen LogP contribution in [-0.2, 0) is 4.79 Å². The number of amides is 1. The second-order valence-electron chi connectivity index (χ2n) is 11.3. The second kappa shape index (κ2) is 7.07. The SMILES string of the molecule is CN1C(=O)C=C[C@]2(C)[C@H]3CC[C@]4(C)[C@@H](c5cnc(-c6ccccc6)[nH]5)CC[C@H]4[C@@H]3CC[C@@H]12. The van der Waals surface area contributed by atoms with Crippen LogP contribution in [-0.4, -0.2) is 33.9 Å². The van der Waals surface area contributed by atoms with Crippen LogP contribution in [0, 0.1) is 28.6 Å². The molecule has 0 bridgehead atoms. The average molecular weight is 430 g/mol. The number of likely N-dealkylation sites (N-methyl/N-ethyl adjacent to an activating group) is 1. The van der Waals surface area contributed by atoms with Gasteiger partial charge in [0.15, 0.2) is 0 Å². The Kier molecular flexibility index (Phi) is 4.48. The van der Waals surface area contributed by atoms with Gasteiger partial charge in [-0.1, -0.05) is 50.3 Å². The predicted octanol–water partition coefficient (Wildman–Crippen LogP) is 5.80. The monoisotopic (exact) mass is 429 g/mol. The van der Waals surface area contributed by atoms with Gasteiger partial charge in [-0.3, -0.25) is 4.79 Å². The van der Waals surface area contributed by atoms with Gasteiger partial charge in [-0.25, -0.2) is 4.98 Å². The summed E-state index contributed by atoms with van der Waals surface area (Å²) in [6.07, 6.45) is 13.8. The van der Waals surface area contributed by atoms with Crippen LogP contribution >= 0.6 is 0 Å². The van der Waals surface area contributed by atoms with Gasteiger partial charge in [0.25, 0.3) is 0 Å². The lowest BCUT2D eigenvalue weighted by Gasteiger charge is -2.60. The summed E-state index contributed by atoms with van der Waals surface area (Å²) in [5.74, 6) is 3.96. The Hall–Kier alpha value is -2.36. The number of benzene rings is 1. The van der Waals surface area contributed by atoms with Crippen LogP contribution in [0.25, 0.3) is 11.4 Å². The molecule has 32 heavy (non-hydrogen) atoms. The number of nitrogens with zero attached hydrogens (tertiary/aromatic N) is 2. The Morgan fingerprint density at radius 1 is 1.03 bits per heavy atom. The number of rotatable bonds is 2. The number of carbonyl (C=O) groups excluding carboxylic acids is 1. The van der Waals surface area contributed by atoms with Gasteiger partial charge < -0.3 is 9.88 Å². The summed E-state index contributed by atoms with van der Waals surface area (Å²) in [7, 11) is 2.01. The molecule has 2 aromatic rings. The smallest absolute Gasteiger partial charge is 0.246 e. The van der Waals surface area contributed by atoms with Crippen molar-refractivity contribution in [3.05, 3.63) is 54.4 Å². The normalized spacial score (nSPS) is 40.7. The van der Waals surface area contributed by atoms with Crippen molar-refractivity contribution in [1.29, 1.82) is 0 Å². The molecular formula is C28H35N3O. The highest BCUT2D eigenvalue weighted by Crippen LogP contribution is 2.67. The Morgan fingerprint density at radius 2 is 1.84 bits per heavy atom. The zero-order chi connectivity index (χ0) is 22.1. The van der Waals surface area contributed by atoms with Crippen molar-refractivity contribution in [3.8, 4) is 11.4 Å². The maximum atomic E-state index is 12.3. The molecule has 1 N–H and O–H groups in total. The maximum Gasteiger partial charge on any atom is 0.246 e. The topological polar surface area (TPSA) is 49.0 Å². The van der Waals surface area contributed by atoms with Crippen LogP contribution in [0.3, 0.4) is 0 Å². The quantitative estimate of drug-likeness (QED) is 0.656. The van der Waals surface area contributed by atoms with Crippen LogP contribution < -0.4 is 0 Å².